The quantitative estimate of drug-likeness (QED) is 0.833. The molecule has 0 spiro atoms. The maximum atomic E-state index is 12.9. The highest BCUT2D eigenvalue weighted by atomic mass is 19.1. The van der Waals surface area contributed by atoms with E-state index < -0.39 is 11.9 Å². The zero-order valence-corrected chi connectivity index (χ0v) is 9.80. The van der Waals surface area contributed by atoms with Gasteiger partial charge in [0.2, 0.25) is 5.91 Å². The summed E-state index contributed by atoms with van der Waals surface area (Å²) in [5.41, 5.74) is 0.433. The average molecular weight is 254 g/mol. The van der Waals surface area contributed by atoms with E-state index in [0.29, 0.717) is 18.8 Å². The first-order chi connectivity index (χ1) is 8.63. The van der Waals surface area contributed by atoms with Gasteiger partial charge in [0.25, 0.3) is 0 Å². The fourth-order valence-corrected chi connectivity index (χ4v) is 1.70. The lowest BCUT2D eigenvalue weighted by Gasteiger charge is -2.13. The number of carbonyl (C=O) groups excluding carboxylic acids is 1. The fourth-order valence-electron chi connectivity index (χ4n) is 1.70. The van der Waals surface area contributed by atoms with Gasteiger partial charge in [-0.3, -0.25) is 9.63 Å². The third-order valence-corrected chi connectivity index (χ3v) is 2.56. The normalized spacial score (nSPS) is 20.0. The molecule has 98 valence electrons. The summed E-state index contributed by atoms with van der Waals surface area (Å²) in [5, 5.41) is 13.4. The summed E-state index contributed by atoms with van der Waals surface area (Å²) in [6.45, 7) is 1.08. The maximum Gasteiger partial charge on any atom is 0.225 e. The molecule has 1 fully saturated rings. The maximum absolute atomic E-state index is 12.9. The number of β-amino-alcohol motifs (C(OH)–C–C–N with tert-alkyl or cyclic N) is 1. The molecule has 0 unspecified atom stereocenters. The Balaban J connectivity index is 1.75. The number of anilines is 1. The number of nitrogens with one attached hydrogen (secondary N) is 1. The van der Waals surface area contributed by atoms with Crippen molar-refractivity contribution in [3.8, 4) is 0 Å². The van der Waals surface area contributed by atoms with Crippen molar-refractivity contribution in [3.05, 3.63) is 30.1 Å². The van der Waals surface area contributed by atoms with Gasteiger partial charge in [-0.15, -0.1) is 0 Å². The molecule has 1 aromatic rings. The average Bonchev–Trinajstić information content (AvgIpc) is 2.73. The van der Waals surface area contributed by atoms with Crippen LogP contribution in [0, 0.1) is 5.82 Å². The molecule has 2 rings (SSSR count). The van der Waals surface area contributed by atoms with Crippen LogP contribution in [0.4, 0.5) is 10.1 Å². The molecule has 0 aromatic heterocycles. The highest BCUT2D eigenvalue weighted by molar-refractivity contribution is 5.90. The Labute approximate surface area is 104 Å². The van der Waals surface area contributed by atoms with Gasteiger partial charge in [-0.2, -0.15) is 5.06 Å². The van der Waals surface area contributed by atoms with Crippen LogP contribution < -0.4 is 5.32 Å². The number of benzene rings is 1. The van der Waals surface area contributed by atoms with E-state index in [1.54, 1.807) is 11.1 Å². The van der Waals surface area contributed by atoms with Gasteiger partial charge in [0.05, 0.1) is 19.3 Å². The van der Waals surface area contributed by atoms with Gasteiger partial charge in [0.15, 0.2) is 0 Å². The van der Waals surface area contributed by atoms with Crippen molar-refractivity contribution in [1.29, 1.82) is 0 Å². The summed E-state index contributed by atoms with van der Waals surface area (Å²) in [6, 6.07) is 5.73. The van der Waals surface area contributed by atoms with Crippen LogP contribution in [0.3, 0.4) is 0 Å². The van der Waals surface area contributed by atoms with Crippen molar-refractivity contribution in [2.75, 3.05) is 25.0 Å². The van der Waals surface area contributed by atoms with Crippen LogP contribution in [0.25, 0.3) is 0 Å². The van der Waals surface area contributed by atoms with Crippen LogP contribution in [0.5, 0.6) is 0 Å². The van der Waals surface area contributed by atoms with E-state index in [9.17, 15) is 14.3 Å². The van der Waals surface area contributed by atoms with E-state index in [1.165, 1.54) is 18.2 Å². The molecule has 0 radical (unpaired) electrons. The molecular weight excluding hydrogens is 239 g/mol. The summed E-state index contributed by atoms with van der Waals surface area (Å²) in [4.78, 5) is 16.7. The Morgan fingerprint density at radius 3 is 3.11 bits per heavy atom. The first-order valence-electron chi connectivity index (χ1n) is 5.75. The lowest BCUT2D eigenvalue weighted by Crippen LogP contribution is -2.25. The van der Waals surface area contributed by atoms with Crippen LogP contribution >= 0.6 is 0 Å². The zero-order valence-electron chi connectivity index (χ0n) is 9.80. The van der Waals surface area contributed by atoms with Crippen LogP contribution in [-0.4, -0.2) is 41.9 Å². The second kappa shape index (κ2) is 5.90. The zero-order chi connectivity index (χ0) is 13.0. The SMILES string of the molecule is O=C(CCN1C[C@@H](O)CO1)Nc1cccc(F)c1. The Bertz CT molecular complexity index is 428. The second-order valence-electron chi connectivity index (χ2n) is 4.15. The lowest BCUT2D eigenvalue weighted by molar-refractivity contribution is -0.126. The minimum Gasteiger partial charge on any atom is -0.389 e. The number of halogens is 1. The summed E-state index contributed by atoms with van der Waals surface area (Å²) < 4.78 is 12.9. The highest BCUT2D eigenvalue weighted by Gasteiger charge is 2.21. The largest absolute Gasteiger partial charge is 0.389 e. The number of nitrogens with zero attached hydrogens (tertiary/aromatic N) is 1. The first kappa shape index (κ1) is 12.9. The molecule has 6 heteroatoms. The molecule has 0 bridgehead atoms. The van der Waals surface area contributed by atoms with Crippen molar-refractivity contribution in [3.63, 3.8) is 0 Å². The first-order valence-corrected chi connectivity index (χ1v) is 5.75. The van der Waals surface area contributed by atoms with Crippen molar-refractivity contribution in [2.45, 2.75) is 12.5 Å². The Morgan fingerprint density at radius 2 is 2.44 bits per heavy atom. The third kappa shape index (κ3) is 3.76. The molecular formula is C12H15FN2O3. The van der Waals surface area contributed by atoms with Crippen LogP contribution in [0.1, 0.15) is 6.42 Å². The number of rotatable bonds is 4. The monoisotopic (exact) mass is 254 g/mol. The van der Waals surface area contributed by atoms with Gasteiger partial charge in [0, 0.05) is 18.7 Å². The predicted octanol–water partition coefficient (Wildman–Crippen LogP) is 0.762. The molecule has 0 saturated carbocycles. The number of aliphatic hydroxyl groups is 1. The Hall–Kier alpha value is -1.50. The molecule has 1 aliphatic heterocycles. The molecule has 5 nitrogen and oxygen atoms in total. The number of carbonyl (C=O) groups is 1. The summed E-state index contributed by atoms with van der Waals surface area (Å²) >= 11 is 0. The highest BCUT2D eigenvalue weighted by Crippen LogP contribution is 2.10. The number of aliphatic hydroxyl groups excluding tert-OH is 1. The molecule has 1 saturated heterocycles. The van der Waals surface area contributed by atoms with Crippen molar-refractivity contribution >= 4 is 11.6 Å². The second-order valence-corrected chi connectivity index (χ2v) is 4.15. The van der Waals surface area contributed by atoms with Crippen LogP contribution in [-0.2, 0) is 9.63 Å². The van der Waals surface area contributed by atoms with Crippen molar-refractivity contribution in [1.82, 2.24) is 5.06 Å². The van der Waals surface area contributed by atoms with Gasteiger partial charge in [0.1, 0.15) is 5.82 Å². The van der Waals surface area contributed by atoms with Crippen LogP contribution in [0.15, 0.2) is 24.3 Å². The third-order valence-electron chi connectivity index (χ3n) is 2.56. The minimum atomic E-state index is -0.490. The predicted molar refractivity (Wildman–Crippen MR) is 63.2 cm³/mol. The van der Waals surface area contributed by atoms with E-state index in [1.807, 2.05) is 0 Å². The van der Waals surface area contributed by atoms with Gasteiger partial charge in [-0.1, -0.05) is 6.07 Å². The Kier molecular flexibility index (Phi) is 4.24. The topological polar surface area (TPSA) is 61.8 Å². The summed E-state index contributed by atoms with van der Waals surface area (Å²) in [7, 11) is 0. The molecule has 1 atom stereocenters. The molecule has 0 aliphatic carbocycles. The molecule has 18 heavy (non-hydrogen) atoms. The number of hydroxylamine groups is 2. The van der Waals surface area contributed by atoms with E-state index in [0.717, 1.165) is 0 Å². The number of amides is 1. The molecule has 1 amide bonds. The minimum absolute atomic E-state index is 0.217. The molecule has 1 aromatic carbocycles. The van der Waals surface area contributed by atoms with E-state index in [2.05, 4.69) is 5.32 Å². The number of hydrogen-bond donors (Lipinski definition) is 2. The van der Waals surface area contributed by atoms with Crippen LogP contribution in [0.2, 0.25) is 0 Å². The summed E-state index contributed by atoms with van der Waals surface area (Å²) in [6.07, 6.45) is -0.264. The van der Waals surface area contributed by atoms with E-state index in [4.69, 9.17) is 4.84 Å². The van der Waals surface area contributed by atoms with E-state index >= 15 is 0 Å². The Morgan fingerprint density at radius 1 is 1.61 bits per heavy atom. The molecule has 1 aliphatic rings. The molecule has 1 heterocycles. The standard InChI is InChI=1S/C12H15FN2O3/c13-9-2-1-3-10(6-9)14-12(17)4-5-15-7-11(16)8-18-15/h1-3,6,11,16H,4-5,7-8H2,(H,14,17)/t11-/m1/s1. The number of hydrogen-bond acceptors (Lipinski definition) is 4. The van der Waals surface area contributed by atoms with Gasteiger partial charge in [-0.05, 0) is 18.2 Å². The fraction of sp³-hybridized carbons (Fsp3) is 0.417. The molecule has 2 N–H and O–H groups in total. The van der Waals surface area contributed by atoms with Crippen molar-refractivity contribution < 1.29 is 19.1 Å². The smallest absolute Gasteiger partial charge is 0.225 e. The van der Waals surface area contributed by atoms with E-state index in [-0.39, 0.29) is 18.9 Å². The lowest BCUT2D eigenvalue weighted by atomic mass is 10.3. The van der Waals surface area contributed by atoms with Gasteiger partial charge in [-0.25, -0.2) is 4.39 Å². The van der Waals surface area contributed by atoms with Crippen molar-refractivity contribution in [2.24, 2.45) is 0 Å². The van der Waals surface area contributed by atoms with Gasteiger partial charge >= 0.3 is 0 Å². The summed E-state index contributed by atoms with van der Waals surface area (Å²) in [5.74, 6) is -0.607. The van der Waals surface area contributed by atoms with Gasteiger partial charge < -0.3 is 10.4 Å².